The second-order valence-corrected chi connectivity index (χ2v) is 7.55. The zero-order valence-electron chi connectivity index (χ0n) is 15.7. The molecule has 4 rings (SSSR count). The fourth-order valence-electron chi connectivity index (χ4n) is 3.85. The zero-order chi connectivity index (χ0) is 19.5. The smallest absolute Gasteiger partial charge is 0.262 e. The molecule has 0 spiro atoms. The van der Waals surface area contributed by atoms with Gasteiger partial charge in [-0.2, -0.15) is 0 Å². The molecule has 0 radical (unpaired) electrons. The van der Waals surface area contributed by atoms with E-state index in [0.29, 0.717) is 31.3 Å². The molecule has 2 saturated heterocycles. The monoisotopic (exact) mass is 392 g/mol. The Morgan fingerprint density at radius 3 is 2.71 bits per heavy atom. The van der Waals surface area contributed by atoms with E-state index in [1.165, 1.54) is 6.07 Å². The van der Waals surface area contributed by atoms with Crippen LogP contribution in [0.4, 0.5) is 10.1 Å². The van der Waals surface area contributed by atoms with Gasteiger partial charge in [0.1, 0.15) is 11.6 Å². The molecule has 0 aliphatic carbocycles. The van der Waals surface area contributed by atoms with E-state index in [1.807, 2.05) is 0 Å². The molecule has 7 nitrogen and oxygen atoms in total. The van der Waals surface area contributed by atoms with Gasteiger partial charge in [-0.05, 0) is 37.7 Å². The van der Waals surface area contributed by atoms with Gasteiger partial charge in [-0.15, -0.1) is 0 Å². The molecule has 0 saturated carbocycles. The molecule has 3 aliphatic rings. The van der Waals surface area contributed by atoms with Crippen molar-refractivity contribution in [3.63, 3.8) is 0 Å². The largest absolute Gasteiger partial charge is 0.481 e. The maximum absolute atomic E-state index is 14.4. The first-order valence-electron chi connectivity index (χ1n) is 9.85. The summed E-state index contributed by atoms with van der Waals surface area (Å²) in [6.45, 7) is 3.21. The summed E-state index contributed by atoms with van der Waals surface area (Å²) < 4.78 is 30.9. The van der Waals surface area contributed by atoms with E-state index in [-0.39, 0.29) is 35.8 Å². The standard InChI is InChI=1S/C20H25FN2O5/c21-16-10-18-17(22-19(24)12-28-18)9-15(16)20(25)23-5-1-13(2-6-23)11-27-14-3-7-26-8-4-14/h9-10,13-14H,1-8,11-12H2,(H,22,24). The van der Waals surface area contributed by atoms with E-state index >= 15 is 0 Å². The lowest BCUT2D eigenvalue weighted by Gasteiger charge is -2.33. The molecule has 2 fully saturated rings. The lowest BCUT2D eigenvalue weighted by molar-refractivity contribution is -0.118. The summed E-state index contributed by atoms with van der Waals surface area (Å²) in [5.41, 5.74) is 0.294. The summed E-state index contributed by atoms with van der Waals surface area (Å²) >= 11 is 0. The van der Waals surface area contributed by atoms with Gasteiger partial charge in [0.2, 0.25) is 0 Å². The fourth-order valence-corrected chi connectivity index (χ4v) is 3.85. The Morgan fingerprint density at radius 2 is 1.96 bits per heavy atom. The van der Waals surface area contributed by atoms with Gasteiger partial charge in [-0.3, -0.25) is 9.59 Å². The van der Waals surface area contributed by atoms with Gasteiger partial charge in [0.25, 0.3) is 11.8 Å². The molecular weight excluding hydrogens is 367 g/mol. The highest BCUT2D eigenvalue weighted by atomic mass is 19.1. The maximum Gasteiger partial charge on any atom is 0.262 e. The van der Waals surface area contributed by atoms with Gasteiger partial charge in [0, 0.05) is 39.0 Å². The Kier molecular flexibility index (Phi) is 5.77. The fraction of sp³-hybridized carbons (Fsp3) is 0.600. The molecule has 152 valence electrons. The highest BCUT2D eigenvalue weighted by molar-refractivity contribution is 6.00. The number of fused-ring (bicyclic) bond motifs is 1. The van der Waals surface area contributed by atoms with Crippen LogP contribution in [0.15, 0.2) is 12.1 Å². The summed E-state index contributed by atoms with van der Waals surface area (Å²) in [5, 5.41) is 2.61. The van der Waals surface area contributed by atoms with Crippen LogP contribution >= 0.6 is 0 Å². The van der Waals surface area contributed by atoms with Crippen LogP contribution in [0.5, 0.6) is 5.75 Å². The zero-order valence-corrected chi connectivity index (χ0v) is 15.7. The molecule has 0 bridgehead atoms. The number of nitrogens with one attached hydrogen (secondary N) is 1. The van der Waals surface area contributed by atoms with Gasteiger partial charge < -0.3 is 24.4 Å². The molecule has 3 heterocycles. The van der Waals surface area contributed by atoms with E-state index in [0.717, 1.165) is 45.0 Å². The van der Waals surface area contributed by atoms with Crippen LogP contribution in [0.1, 0.15) is 36.0 Å². The molecule has 2 amide bonds. The lowest BCUT2D eigenvalue weighted by Crippen LogP contribution is -2.40. The molecule has 0 unspecified atom stereocenters. The van der Waals surface area contributed by atoms with Crippen LogP contribution in [-0.2, 0) is 14.3 Å². The Morgan fingerprint density at radius 1 is 1.21 bits per heavy atom. The van der Waals surface area contributed by atoms with Gasteiger partial charge in [-0.1, -0.05) is 0 Å². The number of hydrogen-bond donors (Lipinski definition) is 1. The predicted molar refractivity (Wildman–Crippen MR) is 98.9 cm³/mol. The summed E-state index contributed by atoms with van der Waals surface area (Å²) in [7, 11) is 0. The van der Waals surface area contributed by atoms with Gasteiger partial charge in [-0.25, -0.2) is 4.39 Å². The third-order valence-corrected chi connectivity index (χ3v) is 5.57. The molecule has 3 aliphatic heterocycles. The minimum absolute atomic E-state index is 0.0403. The van der Waals surface area contributed by atoms with Crippen LogP contribution in [0.3, 0.4) is 0 Å². The molecule has 1 N–H and O–H groups in total. The van der Waals surface area contributed by atoms with Gasteiger partial charge in [0.15, 0.2) is 6.61 Å². The van der Waals surface area contributed by atoms with Crippen molar-refractivity contribution in [1.29, 1.82) is 0 Å². The lowest BCUT2D eigenvalue weighted by atomic mass is 9.97. The second-order valence-electron chi connectivity index (χ2n) is 7.55. The Bertz CT molecular complexity index is 742. The molecule has 0 atom stereocenters. The minimum atomic E-state index is -0.634. The SMILES string of the molecule is O=C1COc2cc(F)c(C(=O)N3CCC(COC4CCOCC4)CC3)cc2N1. The number of hydrogen-bond acceptors (Lipinski definition) is 5. The van der Waals surface area contributed by atoms with E-state index < -0.39 is 5.82 Å². The maximum atomic E-state index is 14.4. The average molecular weight is 392 g/mol. The molecule has 8 heteroatoms. The van der Waals surface area contributed by atoms with Crippen LogP contribution in [0, 0.1) is 11.7 Å². The molecule has 1 aromatic carbocycles. The van der Waals surface area contributed by atoms with Gasteiger partial charge in [0.05, 0.1) is 17.4 Å². The predicted octanol–water partition coefficient (Wildman–Crippen LogP) is 2.20. The number of carbonyl (C=O) groups excluding carboxylic acids is 2. The van der Waals surface area contributed by atoms with E-state index in [1.54, 1.807) is 4.90 Å². The quantitative estimate of drug-likeness (QED) is 0.850. The normalized spacial score (nSPS) is 21.0. The van der Waals surface area contributed by atoms with Crippen LogP contribution in [-0.4, -0.2) is 62.3 Å². The van der Waals surface area contributed by atoms with E-state index in [2.05, 4.69) is 5.32 Å². The number of piperidine rings is 1. The number of carbonyl (C=O) groups is 2. The Hall–Kier alpha value is -2.19. The van der Waals surface area contributed by atoms with Crippen molar-refractivity contribution in [3.8, 4) is 5.75 Å². The third kappa shape index (κ3) is 4.28. The number of ether oxygens (including phenoxy) is 3. The summed E-state index contributed by atoms with van der Waals surface area (Å²) in [6, 6.07) is 2.53. The Balaban J connectivity index is 1.32. The minimum Gasteiger partial charge on any atom is -0.481 e. The van der Waals surface area contributed by atoms with Crippen LogP contribution in [0.2, 0.25) is 0 Å². The summed E-state index contributed by atoms with van der Waals surface area (Å²) in [6.07, 6.45) is 3.82. The highest BCUT2D eigenvalue weighted by Crippen LogP contribution is 2.31. The number of halogens is 1. The summed E-state index contributed by atoms with van der Waals surface area (Å²) in [5.74, 6) is -0.651. The number of anilines is 1. The number of amides is 2. The van der Waals surface area contributed by atoms with Crippen molar-refractivity contribution < 1.29 is 28.2 Å². The molecule has 28 heavy (non-hydrogen) atoms. The first-order chi connectivity index (χ1) is 13.6. The summed E-state index contributed by atoms with van der Waals surface area (Å²) in [4.78, 5) is 25.9. The van der Waals surface area contributed by atoms with Crippen LogP contribution in [0.25, 0.3) is 0 Å². The van der Waals surface area contributed by atoms with Crippen LogP contribution < -0.4 is 10.1 Å². The number of nitrogens with zero attached hydrogens (tertiary/aromatic N) is 1. The van der Waals surface area contributed by atoms with Gasteiger partial charge >= 0.3 is 0 Å². The first-order valence-corrected chi connectivity index (χ1v) is 9.85. The average Bonchev–Trinajstić information content (AvgIpc) is 2.73. The number of likely N-dealkylation sites (tertiary alicyclic amines) is 1. The van der Waals surface area contributed by atoms with Crippen molar-refractivity contribution in [2.45, 2.75) is 31.8 Å². The Labute approximate surface area is 163 Å². The number of benzene rings is 1. The van der Waals surface area contributed by atoms with Crippen molar-refractivity contribution in [2.75, 3.05) is 44.8 Å². The third-order valence-electron chi connectivity index (χ3n) is 5.57. The van der Waals surface area contributed by atoms with E-state index in [9.17, 15) is 14.0 Å². The highest BCUT2D eigenvalue weighted by Gasteiger charge is 2.28. The van der Waals surface area contributed by atoms with E-state index in [4.69, 9.17) is 14.2 Å². The molecular formula is C20H25FN2O5. The van der Waals surface area contributed by atoms with Crippen molar-refractivity contribution >= 4 is 17.5 Å². The van der Waals surface area contributed by atoms with Crippen molar-refractivity contribution in [2.24, 2.45) is 5.92 Å². The molecule has 1 aromatic rings. The number of rotatable bonds is 4. The van der Waals surface area contributed by atoms with Crippen molar-refractivity contribution in [3.05, 3.63) is 23.5 Å². The first kappa shape index (κ1) is 19.1. The molecule has 0 aromatic heterocycles. The topological polar surface area (TPSA) is 77.1 Å². The second kappa shape index (κ2) is 8.45. The van der Waals surface area contributed by atoms with Crippen molar-refractivity contribution in [1.82, 2.24) is 4.90 Å².